The fourth-order valence-electron chi connectivity index (χ4n) is 2.84. The number of nitrogens with zero attached hydrogens (tertiary/aromatic N) is 2. The molecule has 3 aromatic rings. The van der Waals surface area contributed by atoms with Gasteiger partial charge in [-0.2, -0.15) is 5.26 Å². The smallest absolute Gasteiger partial charge is 0.267 e. The molecule has 8 heteroatoms. The first kappa shape index (κ1) is 22.4. The van der Waals surface area contributed by atoms with Crippen LogP contribution in [0.5, 0.6) is 17.2 Å². The number of rotatable bonds is 9. The molecule has 0 saturated carbocycles. The summed E-state index contributed by atoms with van der Waals surface area (Å²) in [7, 11) is 1.52. The molecule has 0 spiro atoms. The largest absolute Gasteiger partial charge is 0.493 e. The Morgan fingerprint density at radius 3 is 2.50 bits per heavy atom. The topological polar surface area (TPSA) is 107 Å². The van der Waals surface area contributed by atoms with Crippen LogP contribution in [0.1, 0.15) is 16.9 Å². The molecule has 8 nitrogen and oxygen atoms in total. The monoisotopic (exact) mass is 433 g/mol. The molecule has 0 fully saturated rings. The van der Waals surface area contributed by atoms with Gasteiger partial charge in [0.05, 0.1) is 7.11 Å². The predicted octanol–water partition coefficient (Wildman–Crippen LogP) is 4.30. The number of carbonyl (C=O) groups excluding carboxylic acids is 1. The minimum atomic E-state index is -0.589. The fraction of sp³-hybridized carbons (Fsp3) is 0.208. The number of benzene rings is 2. The molecular weight excluding hydrogens is 410 g/mol. The van der Waals surface area contributed by atoms with Crippen molar-refractivity contribution in [3.63, 3.8) is 0 Å². The van der Waals surface area contributed by atoms with Crippen LogP contribution in [0.2, 0.25) is 0 Å². The number of ether oxygens (including phenoxy) is 3. The van der Waals surface area contributed by atoms with E-state index < -0.39 is 5.91 Å². The molecule has 0 atom stereocenters. The summed E-state index contributed by atoms with van der Waals surface area (Å²) in [5.74, 6) is 2.01. The van der Waals surface area contributed by atoms with Gasteiger partial charge in [0.2, 0.25) is 0 Å². The average Bonchev–Trinajstić information content (AvgIpc) is 3.20. The van der Waals surface area contributed by atoms with E-state index in [-0.39, 0.29) is 11.4 Å². The third-order valence-electron chi connectivity index (χ3n) is 4.43. The Morgan fingerprint density at radius 2 is 1.84 bits per heavy atom. The van der Waals surface area contributed by atoms with Crippen LogP contribution in [0.25, 0.3) is 6.08 Å². The highest BCUT2D eigenvalue weighted by atomic mass is 16.5. The van der Waals surface area contributed by atoms with Gasteiger partial charge in [-0.3, -0.25) is 4.79 Å². The first-order chi connectivity index (χ1) is 15.5. The van der Waals surface area contributed by atoms with Crippen LogP contribution in [0.15, 0.2) is 58.6 Å². The van der Waals surface area contributed by atoms with Crippen LogP contribution in [-0.2, 0) is 4.79 Å². The molecule has 0 aliphatic rings. The number of methoxy groups -OCH3 is 1. The maximum Gasteiger partial charge on any atom is 0.267 e. The van der Waals surface area contributed by atoms with Gasteiger partial charge in [-0.05, 0) is 49.2 Å². The second kappa shape index (κ2) is 10.7. The molecule has 1 N–H and O–H groups in total. The van der Waals surface area contributed by atoms with Crippen LogP contribution < -0.4 is 19.5 Å². The molecule has 3 rings (SSSR count). The lowest BCUT2D eigenvalue weighted by Gasteiger charge is -2.13. The van der Waals surface area contributed by atoms with Crippen molar-refractivity contribution < 1.29 is 23.5 Å². The summed E-state index contributed by atoms with van der Waals surface area (Å²) in [5, 5.41) is 15.6. The highest BCUT2D eigenvalue weighted by Crippen LogP contribution is 2.29. The average molecular weight is 433 g/mol. The molecule has 0 saturated heterocycles. The third-order valence-corrected chi connectivity index (χ3v) is 4.43. The Bertz CT molecular complexity index is 1160. The fourth-order valence-corrected chi connectivity index (χ4v) is 2.84. The van der Waals surface area contributed by atoms with Gasteiger partial charge < -0.3 is 24.1 Å². The number of aromatic nitrogens is 1. The quantitative estimate of drug-likeness (QED) is 0.304. The van der Waals surface area contributed by atoms with E-state index in [0.717, 1.165) is 11.3 Å². The number of nitriles is 1. The van der Waals surface area contributed by atoms with Crippen LogP contribution in [0.3, 0.4) is 0 Å². The number of para-hydroxylation sites is 1. The van der Waals surface area contributed by atoms with Crippen molar-refractivity contribution in [1.29, 1.82) is 5.26 Å². The van der Waals surface area contributed by atoms with E-state index in [1.165, 1.54) is 13.2 Å². The molecule has 0 unspecified atom stereocenters. The zero-order valence-electron chi connectivity index (χ0n) is 18.0. The van der Waals surface area contributed by atoms with Gasteiger partial charge in [-0.1, -0.05) is 29.4 Å². The van der Waals surface area contributed by atoms with E-state index in [0.29, 0.717) is 36.0 Å². The van der Waals surface area contributed by atoms with Gasteiger partial charge in [0.1, 0.15) is 36.4 Å². The van der Waals surface area contributed by atoms with Crippen molar-refractivity contribution in [2.45, 2.75) is 13.8 Å². The number of anilines is 1. The SMILES string of the molecule is COc1cc(C=C(C#N)C(=O)Nc2cc(C)on2)ccc1OCCOc1ccccc1C. The Morgan fingerprint density at radius 1 is 1.09 bits per heavy atom. The van der Waals surface area contributed by atoms with Gasteiger partial charge in [0, 0.05) is 6.07 Å². The number of nitrogens with one attached hydrogen (secondary N) is 1. The van der Waals surface area contributed by atoms with Crippen molar-refractivity contribution in [3.8, 4) is 23.3 Å². The summed E-state index contributed by atoms with van der Waals surface area (Å²) in [4.78, 5) is 12.3. The molecule has 1 heterocycles. The highest BCUT2D eigenvalue weighted by molar-refractivity contribution is 6.09. The summed E-state index contributed by atoms with van der Waals surface area (Å²) >= 11 is 0. The first-order valence-corrected chi connectivity index (χ1v) is 9.86. The first-order valence-electron chi connectivity index (χ1n) is 9.86. The number of carbonyl (C=O) groups is 1. The van der Waals surface area contributed by atoms with Crippen LogP contribution in [0.4, 0.5) is 5.82 Å². The minimum absolute atomic E-state index is 0.0898. The molecule has 1 aromatic heterocycles. The molecule has 0 aliphatic heterocycles. The Balaban J connectivity index is 1.63. The Labute approximate surface area is 186 Å². The summed E-state index contributed by atoms with van der Waals surface area (Å²) in [6.45, 7) is 4.38. The van der Waals surface area contributed by atoms with Gasteiger partial charge >= 0.3 is 0 Å². The van der Waals surface area contributed by atoms with E-state index in [2.05, 4.69) is 10.5 Å². The summed E-state index contributed by atoms with van der Waals surface area (Å²) in [6, 6.07) is 16.3. The molecule has 164 valence electrons. The molecule has 0 aliphatic carbocycles. The van der Waals surface area contributed by atoms with Crippen LogP contribution >= 0.6 is 0 Å². The normalized spacial score (nSPS) is 10.9. The van der Waals surface area contributed by atoms with Crippen LogP contribution in [0, 0.1) is 25.2 Å². The van der Waals surface area contributed by atoms with Crippen molar-refractivity contribution >= 4 is 17.8 Å². The molecule has 0 bridgehead atoms. The van der Waals surface area contributed by atoms with E-state index in [9.17, 15) is 10.1 Å². The Hall–Kier alpha value is -4.25. The maximum absolute atomic E-state index is 12.3. The number of hydrogen-bond donors (Lipinski definition) is 1. The third kappa shape index (κ3) is 5.89. The van der Waals surface area contributed by atoms with Gasteiger partial charge in [-0.15, -0.1) is 0 Å². The van der Waals surface area contributed by atoms with Gasteiger partial charge in [-0.25, -0.2) is 0 Å². The molecular formula is C24H23N3O5. The minimum Gasteiger partial charge on any atom is -0.493 e. The van der Waals surface area contributed by atoms with Gasteiger partial charge in [0.25, 0.3) is 5.91 Å². The van der Waals surface area contributed by atoms with E-state index in [1.807, 2.05) is 37.3 Å². The second-order valence-electron chi connectivity index (χ2n) is 6.82. The Kier molecular flexibility index (Phi) is 7.49. The summed E-state index contributed by atoms with van der Waals surface area (Å²) < 4.78 is 21.8. The van der Waals surface area contributed by atoms with Crippen molar-refractivity contribution in [3.05, 3.63) is 71.0 Å². The molecule has 32 heavy (non-hydrogen) atoms. The van der Waals surface area contributed by atoms with Crippen molar-refractivity contribution in [1.82, 2.24) is 5.16 Å². The van der Waals surface area contributed by atoms with E-state index in [4.69, 9.17) is 18.7 Å². The lowest BCUT2D eigenvalue weighted by atomic mass is 10.1. The van der Waals surface area contributed by atoms with Crippen molar-refractivity contribution in [2.75, 3.05) is 25.6 Å². The zero-order valence-corrected chi connectivity index (χ0v) is 18.0. The standard InChI is InChI=1S/C24H23N3O5/c1-16-6-4-5-7-20(16)30-10-11-31-21-9-8-18(14-22(21)29-3)13-19(15-25)24(28)26-23-12-17(2)32-27-23/h4-9,12-14H,10-11H2,1-3H3,(H,26,27,28). The maximum atomic E-state index is 12.3. The molecule has 2 aromatic carbocycles. The molecule has 1 amide bonds. The number of amides is 1. The van der Waals surface area contributed by atoms with E-state index >= 15 is 0 Å². The number of aryl methyl sites for hydroxylation is 2. The van der Waals surface area contributed by atoms with Gasteiger partial charge in [0.15, 0.2) is 17.3 Å². The van der Waals surface area contributed by atoms with Crippen molar-refractivity contribution in [2.24, 2.45) is 0 Å². The molecule has 0 radical (unpaired) electrons. The zero-order chi connectivity index (χ0) is 22.9. The van der Waals surface area contributed by atoms with Crippen LogP contribution in [-0.4, -0.2) is 31.4 Å². The predicted molar refractivity (Wildman–Crippen MR) is 119 cm³/mol. The summed E-state index contributed by atoms with van der Waals surface area (Å²) in [5.41, 5.74) is 1.57. The van der Waals surface area contributed by atoms with E-state index in [1.54, 1.807) is 31.2 Å². The highest BCUT2D eigenvalue weighted by Gasteiger charge is 2.13. The second-order valence-corrected chi connectivity index (χ2v) is 6.82. The number of hydrogen-bond acceptors (Lipinski definition) is 7. The lowest BCUT2D eigenvalue weighted by Crippen LogP contribution is -2.13. The summed E-state index contributed by atoms with van der Waals surface area (Å²) in [6.07, 6.45) is 1.45. The lowest BCUT2D eigenvalue weighted by molar-refractivity contribution is -0.112.